The zero-order valence-electron chi connectivity index (χ0n) is 64.5. The van der Waals surface area contributed by atoms with Crippen LogP contribution in [0.15, 0.2) is 97.2 Å². The van der Waals surface area contributed by atoms with Gasteiger partial charge in [0, 0.05) is 19.3 Å². The number of esters is 4. The Kier molecular flexibility index (Phi) is 72.3. The van der Waals surface area contributed by atoms with Crippen molar-refractivity contribution in [1.29, 1.82) is 0 Å². The Morgan fingerprint density at radius 3 is 0.892 bits per heavy atom. The van der Waals surface area contributed by atoms with Gasteiger partial charge in [-0.3, -0.25) is 37.3 Å². The highest BCUT2D eigenvalue weighted by Crippen LogP contribution is 2.45. The summed E-state index contributed by atoms with van der Waals surface area (Å²) in [5.41, 5.74) is 0. The lowest BCUT2D eigenvalue weighted by Gasteiger charge is -2.21. The quantitative estimate of drug-likeness (QED) is 0.0169. The van der Waals surface area contributed by atoms with Crippen molar-refractivity contribution >= 4 is 39.5 Å². The Morgan fingerprint density at radius 1 is 0.294 bits per heavy atom. The smallest absolute Gasteiger partial charge is 0.462 e. The van der Waals surface area contributed by atoms with Crippen molar-refractivity contribution in [3.05, 3.63) is 97.2 Å². The average molecular weight is 1480 g/mol. The molecule has 0 aromatic carbocycles. The van der Waals surface area contributed by atoms with Crippen LogP contribution in [0.2, 0.25) is 0 Å². The van der Waals surface area contributed by atoms with Crippen molar-refractivity contribution in [2.45, 2.75) is 367 Å². The number of ether oxygens (including phenoxy) is 4. The second-order valence-electron chi connectivity index (χ2n) is 27.0. The number of phosphoric acid groups is 2. The van der Waals surface area contributed by atoms with Crippen LogP contribution >= 0.6 is 15.6 Å². The maximum Gasteiger partial charge on any atom is 0.472 e. The van der Waals surface area contributed by atoms with Gasteiger partial charge in [-0.15, -0.1) is 0 Å². The van der Waals surface area contributed by atoms with Gasteiger partial charge in [0.1, 0.15) is 19.3 Å². The van der Waals surface area contributed by atoms with E-state index >= 15 is 0 Å². The van der Waals surface area contributed by atoms with E-state index in [0.717, 1.165) is 135 Å². The van der Waals surface area contributed by atoms with Gasteiger partial charge in [-0.05, 0) is 89.9 Å². The van der Waals surface area contributed by atoms with Gasteiger partial charge in [0.25, 0.3) is 0 Å². The molecule has 0 radical (unpaired) electrons. The van der Waals surface area contributed by atoms with Crippen LogP contribution < -0.4 is 0 Å². The molecule has 0 saturated heterocycles. The SMILES string of the molecule is CC/C=C\C/C=C\C/C=C\C/C=C\C/C=C\CC(=O)OCC(COP(=O)(O)OCC(O)COP(=O)(O)OCC(COC(=O)CCCCCCCC/C=C\C/C=C\C/C=C\CCCCC)OC(=O)CCCCCCCCCCCCCCCCC)OC(=O)CCCCCCCCCCCCCCC. The highest BCUT2D eigenvalue weighted by Gasteiger charge is 2.30. The molecule has 0 saturated carbocycles. The molecule has 0 aromatic heterocycles. The van der Waals surface area contributed by atoms with Gasteiger partial charge in [-0.2, -0.15) is 0 Å². The van der Waals surface area contributed by atoms with Gasteiger partial charge >= 0.3 is 39.5 Å². The van der Waals surface area contributed by atoms with Crippen molar-refractivity contribution in [1.82, 2.24) is 0 Å². The minimum absolute atomic E-state index is 0.0682. The van der Waals surface area contributed by atoms with Gasteiger partial charge in [-0.1, -0.05) is 330 Å². The number of hydrogen-bond acceptors (Lipinski definition) is 15. The Morgan fingerprint density at radius 2 is 0.549 bits per heavy atom. The molecule has 0 aliphatic rings. The Hall–Kier alpha value is -4.02. The number of rotatable bonds is 76. The fourth-order valence-electron chi connectivity index (χ4n) is 10.9. The molecular weight excluding hydrogens is 1330 g/mol. The van der Waals surface area contributed by atoms with E-state index in [-0.39, 0.29) is 25.7 Å². The summed E-state index contributed by atoms with van der Waals surface area (Å²) in [6.45, 7) is 4.66. The van der Waals surface area contributed by atoms with Gasteiger partial charge in [0.15, 0.2) is 12.2 Å². The van der Waals surface area contributed by atoms with Crippen LogP contribution in [0.3, 0.4) is 0 Å². The van der Waals surface area contributed by atoms with E-state index in [4.69, 9.17) is 37.0 Å². The average Bonchev–Trinajstić information content (AvgIpc) is 0.909. The van der Waals surface area contributed by atoms with Crippen molar-refractivity contribution < 1.29 is 80.2 Å². The Labute approximate surface area is 620 Å². The fraction of sp³-hybridized carbons (Fsp3) is 0.759. The maximum absolute atomic E-state index is 13.1. The van der Waals surface area contributed by atoms with E-state index in [2.05, 4.69) is 101 Å². The Balaban J connectivity index is 5.39. The van der Waals surface area contributed by atoms with Crippen molar-refractivity contribution in [2.75, 3.05) is 39.6 Å². The zero-order valence-corrected chi connectivity index (χ0v) is 66.3. The molecular formula is C83H146O17P2. The van der Waals surface area contributed by atoms with E-state index < -0.39 is 97.5 Å². The van der Waals surface area contributed by atoms with Crippen LogP contribution in [-0.2, 0) is 65.4 Å². The lowest BCUT2D eigenvalue weighted by molar-refractivity contribution is -0.161. The molecule has 0 amide bonds. The second kappa shape index (κ2) is 75.2. The molecule has 0 aliphatic carbocycles. The number of hydrogen-bond donors (Lipinski definition) is 3. The van der Waals surface area contributed by atoms with E-state index in [1.807, 2.05) is 18.2 Å². The molecule has 0 bridgehead atoms. The summed E-state index contributed by atoms with van der Waals surface area (Å²) in [4.78, 5) is 72.9. The first-order valence-corrected chi connectivity index (χ1v) is 43.5. The number of carbonyl (C=O) groups excluding carboxylic acids is 4. The van der Waals surface area contributed by atoms with Crippen molar-refractivity contribution in [3.63, 3.8) is 0 Å². The zero-order chi connectivity index (χ0) is 74.6. The molecule has 590 valence electrons. The second-order valence-corrected chi connectivity index (χ2v) is 29.9. The number of allylic oxidation sites excluding steroid dienone is 15. The summed E-state index contributed by atoms with van der Waals surface area (Å²) in [5.74, 6) is -2.31. The highest BCUT2D eigenvalue weighted by atomic mass is 31.2. The minimum Gasteiger partial charge on any atom is -0.462 e. The number of unbranched alkanes of at least 4 members (excludes halogenated alkanes) is 35. The Bertz CT molecular complexity index is 2310. The summed E-state index contributed by atoms with van der Waals surface area (Å²) >= 11 is 0. The van der Waals surface area contributed by atoms with Crippen LogP contribution in [0.4, 0.5) is 0 Å². The van der Waals surface area contributed by atoms with Crippen LogP contribution in [0, 0.1) is 0 Å². The van der Waals surface area contributed by atoms with Crippen molar-refractivity contribution in [2.24, 2.45) is 0 Å². The van der Waals surface area contributed by atoms with E-state index in [9.17, 15) is 43.2 Å². The largest absolute Gasteiger partial charge is 0.472 e. The summed E-state index contributed by atoms with van der Waals surface area (Å²) in [7, 11) is -9.97. The van der Waals surface area contributed by atoms with Gasteiger partial charge in [-0.25, -0.2) is 9.13 Å². The van der Waals surface area contributed by atoms with Gasteiger partial charge < -0.3 is 33.8 Å². The first kappa shape index (κ1) is 98.0. The van der Waals surface area contributed by atoms with E-state index in [1.165, 1.54) is 135 Å². The van der Waals surface area contributed by atoms with Gasteiger partial charge in [0.2, 0.25) is 0 Å². The molecule has 102 heavy (non-hydrogen) atoms. The molecule has 0 aliphatic heterocycles. The van der Waals surface area contributed by atoms with Gasteiger partial charge in [0.05, 0.1) is 32.8 Å². The van der Waals surface area contributed by atoms with Crippen molar-refractivity contribution in [3.8, 4) is 0 Å². The van der Waals surface area contributed by atoms with E-state index in [0.29, 0.717) is 25.7 Å². The predicted molar refractivity (Wildman–Crippen MR) is 418 cm³/mol. The third-order valence-corrected chi connectivity index (χ3v) is 19.0. The topological polar surface area (TPSA) is 237 Å². The molecule has 3 N–H and O–H groups in total. The molecule has 0 fully saturated rings. The predicted octanol–water partition coefficient (Wildman–Crippen LogP) is 23.6. The van der Waals surface area contributed by atoms with Crippen LogP contribution in [-0.4, -0.2) is 96.7 Å². The molecule has 17 nitrogen and oxygen atoms in total. The first-order chi connectivity index (χ1) is 49.7. The van der Waals surface area contributed by atoms with E-state index in [1.54, 1.807) is 6.08 Å². The lowest BCUT2D eigenvalue weighted by Crippen LogP contribution is -2.30. The molecule has 0 heterocycles. The third-order valence-electron chi connectivity index (χ3n) is 17.1. The maximum atomic E-state index is 13.1. The molecule has 0 spiro atoms. The highest BCUT2D eigenvalue weighted by molar-refractivity contribution is 7.47. The first-order valence-electron chi connectivity index (χ1n) is 40.5. The summed E-state index contributed by atoms with van der Waals surface area (Å²) in [6.07, 6.45) is 79.8. The normalized spacial score (nSPS) is 14.4. The monoisotopic (exact) mass is 1480 g/mol. The van der Waals surface area contributed by atoms with Crippen LogP contribution in [0.1, 0.15) is 349 Å². The summed E-state index contributed by atoms with van der Waals surface area (Å²) in [6, 6.07) is 0. The standard InChI is InChI=1S/C83H146O17P2/c1-5-9-13-17-21-25-29-33-36-37-38-39-42-45-48-52-56-60-64-68-81(86)94-74-79(100-83(88)70-66-62-58-54-50-46-41-35-31-27-23-19-15-11-7-3)76-98-102(91,92)96-72-77(84)71-95-101(89,90)97-75-78(99-82(87)69-65-61-57-53-49-43-32-28-24-20-16-12-8-4)73-93-80(85)67-63-59-55-51-47-44-40-34-30-26-22-18-14-10-6-2/h10,14,21-22,25-26,33-34,36,38-40,47,51,59,63,77-79,84H,5-9,11-13,15-20,23-24,27-32,35,37,41-46,48-50,52-58,60-62,64-76H2,1-4H3,(H,89,90)(H,91,92)/b14-10-,25-21-,26-22-,36-33-,39-38-,40-34-,51-47-,63-59-. The number of aliphatic hydroxyl groups excluding tert-OH is 1. The summed E-state index contributed by atoms with van der Waals surface area (Å²) in [5, 5.41) is 10.6. The molecule has 5 atom stereocenters. The molecule has 5 unspecified atom stereocenters. The lowest BCUT2D eigenvalue weighted by atomic mass is 10.0. The molecule has 0 aromatic rings. The van der Waals surface area contributed by atoms with Crippen LogP contribution in [0.25, 0.3) is 0 Å². The number of carbonyl (C=O) groups is 4. The number of phosphoric ester groups is 2. The molecule has 0 rings (SSSR count). The number of aliphatic hydroxyl groups is 1. The molecule has 19 heteroatoms. The van der Waals surface area contributed by atoms with Crippen LogP contribution in [0.5, 0.6) is 0 Å². The third kappa shape index (κ3) is 74.3. The minimum atomic E-state index is -4.99. The summed E-state index contributed by atoms with van der Waals surface area (Å²) < 4.78 is 68.5. The fourth-order valence-corrected chi connectivity index (χ4v) is 12.5.